The van der Waals surface area contributed by atoms with Gasteiger partial charge in [0.25, 0.3) is 0 Å². The Morgan fingerprint density at radius 3 is 2.57 bits per heavy atom. The molecule has 1 unspecified atom stereocenters. The average molecular weight is 936 g/mol. The number of aromatic hydroxyl groups is 1. The number of carbonyl (C=O) groups is 3. The molecule has 0 spiro atoms. The number of methoxy groups -OCH3 is 1. The number of benzene rings is 2. The molecule has 7 rings (SSSR count). The summed E-state index contributed by atoms with van der Waals surface area (Å²) in [6, 6.07) is 1.29. The Kier molecular flexibility index (Phi) is 11.1. The molecular formula is C35H40AcN4O10S. The molecule has 2 aromatic rings. The van der Waals surface area contributed by atoms with Gasteiger partial charge in [0.15, 0.2) is 18.3 Å². The van der Waals surface area contributed by atoms with Gasteiger partial charge in [0.1, 0.15) is 30.2 Å². The number of likely N-dealkylation sites (N-methyl/N-ethyl adjacent to an activating group) is 1. The second kappa shape index (κ2) is 14.9. The minimum Gasteiger partial charge on any atom is -0.507 e. The van der Waals surface area contributed by atoms with Gasteiger partial charge in [-0.05, 0) is 50.9 Å². The summed E-state index contributed by atoms with van der Waals surface area (Å²) in [4.78, 5) is 41.9. The van der Waals surface area contributed by atoms with E-state index in [9.17, 15) is 24.8 Å². The predicted molar refractivity (Wildman–Crippen MR) is 178 cm³/mol. The van der Waals surface area contributed by atoms with Gasteiger partial charge in [-0.25, -0.2) is 4.79 Å². The molecule has 5 aliphatic heterocycles. The summed E-state index contributed by atoms with van der Waals surface area (Å²) in [6.07, 6.45) is -0.101. The number of ether oxygens (including phenoxy) is 5. The SMILES string of the molecule is COCOc1c(C)c(C)cc2c1[C@@H]1C3[C@@H]4SC[C@H](NC(=O)CCC(=O)O)C(=O)OC[C@H](c5c6c(c(C)c(O)c54)OCO6)N3[C@@H](C#N)[C@H](C2)N1C.[Ac]. The van der Waals surface area contributed by atoms with Crippen LogP contribution in [0.2, 0.25) is 0 Å². The number of esters is 1. The van der Waals surface area contributed by atoms with Gasteiger partial charge in [-0.15, -0.1) is 11.8 Å². The largest absolute Gasteiger partial charge is 0.507 e. The van der Waals surface area contributed by atoms with E-state index in [0.29, 0.717) is 40.4 Å². The van der Waals surface area contributed by atoms with Crippen molar-refractivity contribution in [2.45, 2.75) is 81.5 Å². The molecule has 2 saturated heterocycles. The minimum absolute atomic E-state index is 0. The maximum Gasteiger partial charge on any atom is 0.329 e. The number of nitrogens with zero attached hydrogens (tertiary/aromatic N) is 3. The van der Waals surface area contributed by atoms with Gasteiger partial charge < -0.3 is 39.2 Å². The Hall–Kier alpha value is -2.79. The molecule has 14 nitrogen and oxygen atoms in total. The molecule has 0 saturated carbocycles. The van der Waals surface area contributed by atoms with Crippen molar-refractivity contribution in [1.29, 1.82) is 5.26 Å². The summed E-state index contributed by atoms with van der Waals surface area (Å²) < 4.78 is 29.6. The number of carboxylic acids is 1. The molecule has 7 atom stereocenters. The van der Waals surface area contributed by atoms with Crippen molar-refractivity contribution in [2.24, 2.45) is 0 Å². The summed E-state index contributed by atoms with van der Waals surface area (Å²) in [7, 11) is 3.59. The molecule has 5 aliphatic rings. The first-order valence-electron chi connectivity index (χ1n) is 16.6. The number of piperazine rings is 1. The van der Waals surface area contributed by atoms with E-state index in [0.717, 1.165) is 22.3 Å². The van der Waals surface area contributed by atoms with Crippen molar-refractivity contribution in [3.63, 3.8) is 0 Å². The number of carboxylic acid groups (broad SMARTS) is 1. The van der Waals surface area contributed by atoms with Crippen LogP contribution < -0.4 is 19.5 Å². The van der Waals surface area contributed by atoms with Gasteiger partial charge in [-0.1, -0.05) is 6.07 Å². The maximum atomic E-state index is 13.6. The van der Waals surface area contributed by atoms with Crippen LogP contribution in [-0.4, -0.2) is 102 Å². The number of aliphatic carboxylic acids is 1. The second-order valence-corrected chi connectivity index (χ2v) is 14.6. The van der Waals surface area contributed by atoms with E-state index >= 15 is 0 Å². The van der Waals surface area contributed by atoms with Gasteiger partial charge in [-0.3, -0.25) is 19.4 Å². The molecular weight excluding hydrogens is 895 g/mol. The average Bonchev–Trinajstić information content (AvgIpc) is 3.58. The molecule has 0 aliphatic carbocycles. The van der Waals surface area contributed by atoms with Crippen molar-refractivity contribution < 1.29 is 92.3 Å². The van der Waals surface area contributed by atoms with Gasteiger partial charge >= 0.3 is 11.9 Å². The number of fused-ring (bicyclic) bond motifs is 9. The van der Waals surface area contributed by atoms with E-state index in [1.54, 1.807) is 14.0 Å². The van der Waals surface area contributed by atoms with E-state index in [1.165, 1.54) is 11.8 Å². The molecule has 2 aromatic carbocycles. The van der Waals surface area contributed by atoms with E-state index < -0.39 is 47.3 Å². The number of thioether (sulfide) groups is 1. The second-order valence-electron chi connectivity index (χ2n) is 13.4. The molecule has 0 aromatic heterocycles. The first-order chi connectivity index (χ1) is 24.0. The normalized spacial score (nSPS) is 27.5. The van der Waals surface area contributed by atoms with Gasteiger partial charge in [0.2, 0.25) is 12.7 Å². The van der Waals surface area contributed by atoms with Crippen LogP contribution >= 0.6 is 11.8 Å². The third-order valence-electron chi connectivity index (χ3n) is 10.8. The van der Waals surface area contributed by atoms with E-state index in [1.807, 2.05) is 20.9 Å². The fourth-order valence-corrected chi connectivity index (χ4v) is 9.95. The number of hydrogen-bond donors (Lipinski definition) is 3. The van der Waals surface area contributed by atoms with E-state index in [4.69, 9.17) is 28.8 Å². The minimum atomic E-state index is -1.12. The quantitative estimate of drug-likeness (QED) is 0.273. The fourth-order valence-electron chi connectivity index (χ4n) is 8.44. The standard InChI is InChI=1S/C35H40N4O10S.Ac/c1-15-8-18-9-20-21(10-36)39-22-11-46-35(44)19(37-23(40)6-7-24(41)42)12-50-34(27-26(22)33-32(48-14-49-33)17(3)30(27)43)29(39)28(38(20)4)25(18)31(16(15)2)47-13-45-5;/h8,19-22,28-29,34,43H,6-7,9,11-14H2,1-5H3,(H,37,40)(H,41,42);/t19-,20-,21-,22+,28+,29?,34+;/m0./s1. The first kappa shape index (κ1) is 38.0. The number of phenols is 1. The van der Waals surface area contributed by atoms with Crippen molar-refractivity contribution in [1.82, 2.24) is 15.1 Å². The third-order valence-corrected chi connectivity index (χ3v) is 12.2. The van der Waals surface area contributed by atoms with Crippen LogP contribution in [0.5, 0.6) is 23.0 Å². The fraction of sp³-hybridized carbons (Fsp3) is 0.543. The van der Waals surface area contributed by atoms with Crippen molar-refractivity contribution >= 4 is 29.6 Å². The summed E-state index contributed by atoms with van der Waals surface area (Å²) in [6.45, 7) is 5.61. The van der Waals surface area contributed by atoms with Crippen LogP contribution in [0.25, 0.3) is 0 Å². The first-order valence-corrected chi connectivity index (χ1v) is 17.6. The van der Waals surface area contributed by atoms with Crippen LogP contribution in [0.4, 0.5) is 0 Å². The Morgan fingerprint density at radius 1 is 1.12 bits per heavy atom. The zero-order chi connectivity index (χ0) is 35.6. The molecule has 1 radical (unpaired) electrons. The number of phenolic OH excluding ortho intramolecular Hbond substituents is 1. The zero-order valence-electron chi connectivity index (χ0n) is 29.1. The number of amides is 1. The summed E-state index contributed by atoms with van der Waals surface area (Å²) >= 11 is 1.37. The summed E-state index contributed by atoms with van der Waals surface area (Å²) in [5.74, 6) is -0.721. The number of nitrogens with one attached hydrogen (secondary N) is 1. The predicted octanol–water partition coefficient (Wildman–Crippen LogP) is 2.94. The van der Waals surface area contributed by atoms with Crippen molar-refractivity contribution in [3.05, 3.63) is 45.0 Å². The number of carbonyl (C=O) groups excluding carboxylic acids is 2. The van der Waals surface area contributed by atoms with Gasteiger partial charge in [0.05, 0.1) is 29.8 Å². The molecule has 51 heavy (non-hydrogen) atoms. The molecule has 2 fully saturated rings. The Bertz CT molecular complexity index is 1820. The van der Waals surface area contributed by atoms with Crippen molar-refractivity contribution in [3.8, 4) is 29.1 Å². The van der Waals surface area contributed by atoms with Crippen molar-refractivity contribution in [2.75, 3.05) is 40.1 Å². The molecule has 4 bridgehead atoms. The molecule has 269 valence electrons. The van der Waals surface area contributed by atoms with Crippen LogP contribution in [0.3, 0.4) is 0 Å². The van der Waals surface area contributed by atoms with Gasteiger partial charge in [-0.2, -0.15) is 5.26 Å². The number of cyclic esters (lactones) is 1. The molecule has 3 N–H and O–H groups in total. The van der Waals surface area contributed by atoms with Crippen LogP contribution in [0.15, 0.2) is 6.07 Å². The molecule has 5 heterocycles. The number of hydrogen-bond acceptors (Lipinski definition) is 13. The zero-order valence-corrected chi connectivity index (χ0v) is 34.6. The summed E-state index contributed by atoms with van der Waals surface area (Å²) in [5.41, 5.74) is 5.82. The third kappa shape index (κ3) is 6.25. The summed E-state index contributed by atoms with van der Waals surface area (Å²) in [5, 5.41) is 34.2. The van der Waals surface area contributed by atoms with Crippen LogP contribution in [0.1, 0.15) is 69.1 Å². The Balaban J connectivity index is 0.00000448. The topological polar surface area (TPSA) is 180 Å². The Labute approximate surface area is 335 Å². The number of aryl methyl sites for hydroxylation is 1. The van der Waals surface area contributed by atoms with Gasteiger partial charge in [0, 0.05) is 97.7 Å². The van der Waals surface area contributed by atoms with E-state index in [-0.39, 0.29) is 101 Å². The smallest absolute Gasteiger partial charge is 0.329 e. The monoisotopic (exact) mass is 935 g/mol. The maximum absolute atomic E-state index is 13.6. The molecule has 1 amide bonds. The van der Waals surface area contributed by atoms with Crippen LogP contribution in [-0.2, 0) is 30.3 Å². The van der Waals surface area contributed by atoms with Crippen LogP contribution in [0, 0.1) is 76.2 Å². The Morgan fingerprint density at radius 2 is 1.86 bits per heavy atom. The number of rotatable bonds is 7. The molecule has 16 heteroatoms. The number of nitriles is 1. The van der Waals surface area contributed by atoms with E-state index in [2.05, 4.69) is 27.3 Å².